The average Bonchev–Trinajstić information content (AvgIpc) is 2.54. The van der Waals surface area contributed by atoms with E-state index < -0.39 is 0 Å². The average molecular weight is 211 g/mol. The van der Waals surface area contributed by atoms with E-state index in [9.17, 15) is 0 Å². The number of nitrogens with one attached hydrogen (secondary N) is 1. The van der Waals surface area contributed by atoms with Crippen LogP contribution in [0.5, 0.6) is 0 Å². The number of fused-ring (bicyclic) bond motifs is 3. The standard InChI is InChI=1S/C11H9N5/c12-11-13-6-7-3-4-9-8(10(7)15-11)2-1-5-14-16-9/h1-6,16H,(H2,12,13,15). The molecule has 0 atom stereocenters. The Hall–Kier alpha value is -2.43. The summed E-state index contributed by atoms with van der Waals surface area (Å²) in [6.07, 6.45) is 7.22. The molecule has 1 aromatic carbocycles. The molecule has 78 valence electrons. The fourth-order valence-electron chi connectivity index (χ4n) is 1.69. The topological polar surface area (TPSA) is 76.2 Å². The monoisotopic (exact) mass is 211 g/mol. The third-order valence-electron chi connectivity index (χ3n) is 2.42. The zero-order chi connectivity index (χ0) is 11.0. The van der Waals surface area contributed by atoms with E-state index in [1.54, 1.807) is 12.4 Å². The summed E-state index contributed by atoms with van der Waals surface area (Å²) in [6, 6.07) is 3.89. The molecule has 1 aliphatic rings. The lowest BCUT2D eigenvalue weighted by molar-refractivity contribution is 1.23. The zero-order valence-corrected chi connectivity index (χ0v) is 8.38. The first kappa shape index (κ1) is 8.84. The van der Waals surface area contributed by atoms with Crippen LogP contribution in [0.3, 0.4) is 0 Å². The van der Waals surface area contributed by atoms with E-state index in [-0.39, 0.29) is 5.95 Å². The van der Waals surface area contributed by atoms with Gasteiger partial charge in [0.15, 0.2) is 0 Å². The number of benzene rings is 1. The quantitative estimate of drug-likeness (QED) is 0.694. The van der Waals surface area contributed by atoms with Crippen LogP contribution in [0.4, 0.5) is 11.6 Å². The summed E-state index contributed by atoms with van der Waals surface area (Å²) in [5, 5.41) is 4.96. The summed E-state index contributed by atoms with van der Waals surface area (Å²) in [5.41, 5.74) is 11.3. The van der Waals surface area contributed by atoms with Gasteiger partial charge in [-0.05, 0) is 24.3 Å². The van der Waals surface area contributed by atoms with Crippen molar-refractivity contribution in [3.8, 4) is 0 Å². The molecule has 0 bridgehead atoms. The Labute approximate surface area is 91.7 Å². The summed E-state index contributed by atoms with van der Waals surface area (Å²) in [5.74, 6) is 0.277. The number of hydrogen-bond acceptors (Lipinski definition) is 5. The molecule has 3 N–H and O–H groups in total. The van der Waals surface area contributed by atoms with E-state index in [1.807, 2.05) is 24.3 Å². The molecule has 1 aliphatic heterocycles. The molecule has 1 aromatic heterocycles. The minimum Gasteiger partial charge on any atom is -0.368 e. The van der Waals surface area contributed by atoms with Crippen LogP contribution in [0.1, 0.15) is 5.56 Å². The molecule has 0 amide bonds. The summed E-state index contributed by atoms with van der Waals surface area (Å²) in [7, 11) is 0. The largest absolute Gasteiger partial charge is 0.368 e. The molecule has 0 radical (unpaired) electrons. The third-order valence-corrected chi connectivity index (χ3v) is 2.42. The van der Waals surface area contributed by atoms with Gasteiger partial charge in [0.05, 0.1) is 11.2 Å². The molecule has 5 heteroatoms. The van der Waals surface area contributed by atoms with E-state index in [4.69, 9.17) is 5.73 Å². The molecule has 2 heterocycles. The first-order chi connectivity index (χ1) is 7.84. The smallest absolute Gasteiger partial charge is 0.220 e. The highest BCUT2D eigenvalue weighted by atomic mass is 15.3. The van der Waals surface area contributed by atoms with Crippen molar-refractivity contribution in [1.82, 2.24) is 9.97 Å². The highest BCUT2D eigenvalue weighted by molar-refractivity contribution is 5.96. The lowest BCUT2D eigenvalue weighted by Gasteiger charge is -2.07. The maximum atomic E-state index is 5.60. The summed E-state index contributed by atoms with van der Waals surface area (Å²) in [6.45, 7) is 0. The predicted octanol–water partition coefficient (Wildman–Crippen LogP) is 1.64. The lowest BCUT2D eigenvalue weighted by atomic mass is 10.1. The van der Waals surface area contributed by atoms with Crippen LogP contribution in [0.15, 0.2) is 29.5 Å². The molecule has 0 saturated carbocycles. The molecular weight excluding hydrogens is 202 g/mol. The fraction of sp³-hybridized carbons (Fsp3) is 0. The Bertz CT molecular complexity index is 615. The van der Waals surface area contributed by atoms with E-state index in [0.717, 1.165) is 22.2 Å². The Balaban J connectivity index is 2.38. The maximum absolute atomic E-state index is 5.60. The SMILES string of the molecule is Nc1ncc2ccc3c(c2n1)C=CC=NN3. The van der Waals surface area contributed by atoms with E-state index in [1.165, 1.54) is 0 Å². The van der Waals surface area contributed by atoms with Gasteiger partial charge < -0.3 is 5.73 Å². The Morgan fingerprint density at radius 3 is 3.12 bits per heavy atom. The molecule has 0 spiro atoms. The van der Waals surface area contributed by atoms with E-state index >= 15 is 0 Å². The van der Waals surface area contributed by atoms with Gasteiger partial charge >= 0.3 is 0 Å². The number of anilines is 2. The van der Waals surface area contributed by atoms with Crippen molar-refractivity contribution in [3.63, 3.8) is 0 Å². The van der Waals surface area contributed by atoms with E-state index in [2.05, 4.69) is 20.5 Å². The second kappa shape index (κ2) is 3.30. The van der Waals surface area contributed by atoms with Crippen molar-refractivity contribution in [3.05, 3.63) is 30.0 Å². The van der Waals surface area contributed by atoms with Gasteiger partial charge in [0.1, 0.15) is 0 Å². The number of rotatable bonds is 0. The number of nitrogens with zero attached hydrogens (tertiary/aromatic N) is 3. The fourth-order valence-corrected chi connectivity index (χ4v) is 1.69. The third kappa shape index (κ3) is 1.30. The number of hydrogen-bond donors (Lipinski definition) is 2. The second-order valence-corrected chi connectivity index (χ2v) is 3.44. The number of nitrogen functional groups attached to an aromatic ring is 1. The van der Waals surface area contributed by atoms with Gasteiger partial charge in [-0.25, -0.2) is 9.97 Å². The number of allylic oxidation sites excluding steroid dienone is 1. The highest BCUT2D eigenvalue weighted by Gasteiger charge is 2.08. The van der Waals surface area contributed by atoms with Gasteiger partial charge in [-0.15, -0.1) is 0 Å². The van der Waals surface area contributed by atoms with Crippen LogP contribution in [-0.2, 0) is 0 Å². The van der Waals surface area contributed by atoms with Gasteiger partial charge in [0, 0.05) is 23.4 Å². The van der Waals surface area contributed by atoms with Gasteiger partial charge in [-0.1, -0.05) is 0 Å². The Morgan fingerprint density at radius 1 is 1.25 bits per heavy atom. The van der Waals surface area contributed by atoms with Crippen LogP contribution in [0.2, 0.25) is 0 Å². The van der Waals surface area contributed by atoms with Crippen molar-refractivity contribution in [2.45, 2.75) is 0 Å². The molecule has 0 saturated heterocycles. The van der Waals surface area contributed by atoms with E-state index in [0.29, 0.717) is 0 Å². The molecule has 0 fully saturated rings. The summed E-state index contributed by atoms with van der Waals surface area (Å²) < 4.78 is 0. The molecule has 2 aromatic rings. The van der Waals surface area contributed by atoms with Gasteiger partial charge in [0.2, 0.25) is 5.95 Å². The van der Waals surface area contributed by atoms with Crippen LogP contribution in [0.25, 0.3) is 17.0 Å². The van der Waals surface area contributed by atoms with Crippen molar-refractivity contribution < 1.29 is 0 Å². The second-order valence-electron chi connectivity index (χ2n) is 3.44. The highest BCUT2D eigenvalue weighted by Crippen LogP contribution is 2.27. The molecule has 16 heavy (non-hydrogen) atoms. The van der Waals surface area contributed by atoms with Crippen molar-refractivity contribution in [2.75, 3.05) is 11.2 Å². The molecule has 5 nitrogen and oxygen atoms in total. The Kier molecular flexibility index (Phi) is 1.83. The number of aromatic nitrogens is 2. The number of hydrazone groups is 1. The van der Waals surface area contributed by atoms with Gasteiger partial charge in [-0.3, -0.25) is 5.43 Å². The van der Waals surface area contributed by atoms with Crippen LogP contribution in [0, 0.1) is 0 Å². The minimum absolute atomic E-state index is 0.277. The predicted molar refractivity (Wildman–Crippen MR) is 65.1 cm³/mol. The first-order valence-electron chi connectivity index (χ1n) is 4.85. The molecule has 3 rings (SSSR count). The Morgan fingerprint density at radius 2 is 2.19 bits per heavy atom. The molecule has 0 aliphatic carbocycles. The minimum atomic E-state index is 0.277. The summed E-state index contributed by atoms with van der Waals surface area (Å²) in [4.78, 5) is 8.22. The normalized spacial score (nSPS) is 13.2. The lowest BCUT2D eigenvalue weighted by Crippen LogP contribution is -1.97. The van der Waals surface area contributed by atoms with Crippen molar-refractivity contribution in [1.29, 1.82) is 0 Å². The van der Waals surface area contributed by atoms with Crippen LogP contribution in [-0.4, -0.2) is 16.2 Å². The van der Waals surface area contributed by atoms with Gasteiger partial charge in [-0.2, -0.15) is 5.10 Å². The van der Waals surface area contributed by atoms with Crippen molar-refractivity contribution >= 4 is 34.8 Å². The van der Waals surface area contributed by atoms with Gasteiger partial charge in [0.25, 0.3) is 0 Å². The molecule has 0 unspecified atom stereocenters. The number of nitrogens with two attached hydrogens (primary N) is 1. The van der Waals surface area contributed by atoms with Crippen molar-refractivity contribution in [2.24, 2.45) is 5.10 Å². The summed E-state index contributed by atoms with van der Waals surface area (Å²) >= 11 is 0. The van der Waals surface area contributed by atoms with Crippen LogP contribution < -0.4 is 11.2 Å². The molecular formula is C11H9N5. The maximum Gasteiger partial charge on any atom is 0.220 e. The van der Waals surface area contributed by atoms with Crippen LogP contribution >= 0.6 is 0 Å². The first-order valence-corrected chi connectivity index (χ1v) is 4.85. The zero-order valence-electron chi connectivity index (χ0n) is 8.38.